The van der Waals surface area contributed by atoms with Gasteiger partial charge in [0.25, 0.3) is 0 Å². The molecule has 5 nitrogen and oxygen atoms in total. The molecule has 0 aromatic carbocycles. The third-order valence-corrected chi connectivity index (χ3v) is 3.95. The normalized spacial score (nSPS) is 16.6. The topological polar surface area (TPSA) is 66.8 Å². The van der Waals surface area contributed by atoms with Gasteiger partial charge in [0.05, 0.1) is 18.9 Å². The van der Waals surface area contributed by atoms with Crippen LogP contribution in [0.25, 0.3) is 0 Å². The quantitative estimate of drug-likeness (QED) is 0.683. The summed E-state index contributed by atoms with van der Waals surface area (Å²) in [5.74, 6) is 0.475. The van der Waals surface area contributed by atoms with E-state index in [1.807, 2.05) is 6.92 Å². The summed E-state index contributed by atoms with van der Waals surface area (Å²) in [7, 11) is -3.32. The predicted molar refractivity (Wildman–Crippen MR) is 72.7 cm³/mol. The second kappa shape index (κ2) is 7.43. The van der Waals surface area contributed by atoms with Crippen molar-refractivity contribution in [3.8, 4) is 0 Å². The van der Waals surface area contributed by atoms with Crippen LogP contribution in [0.3, 0.4) is 0 Å². The van der Waals surface area contributed by atoms with E-state index >= 15 is 0 Å². The van der Waals surface area contributed by atoms with E-state index in [1.54, 1.807) is 13.8 Å². The van der Waals surface area contributed by atoms with Crippen molar-refractivity contribution in [2.45, 2.75) is 59.5 Å². The molecule has 0 spiro atoms. The van der Waals surface area contributed by atoms with Crippen LogP contribution < -0.4 is 0 Å². The molecule has 2 atom stereocenters. The molecule has 110 valence electrons. The minimum atomic E-state index is -3.32. The number of hydrogen-bond donors (Lipinski definition) is 1. The Balaban J connectivity index is 4.40. The van der Waals surface area contributed by atoms with E-state index in [4.69, 9.17) is 4.74 Å². The third kappa shape index (κ3) is 7.31. The van der Waals surface area contributed by atoms with E-state index in [1.165, 1.54) is 4.31 Å². The number of nitrogens with zero attached hydrogens (tertiary/aromatic N) is 1. The molecule has 0 amide bonds. The van der Waals surface area contributed by atoms with E-state index in [9.17, 15) is 13.5 Å². The Morgan fingerprint density at radius 3 is 2.00 bits per heavy atom. The van der Waals surface area contributed by atoms with E-state index in [-0.39, 0.29) is 18.7 Å². The zero-order valence-corrected chi connectivity index (χ0v) is 13.1. The summed E-state index contributed by atoms with van der Waals surface area (Å²) < 4.78 is 29.7. The van der Waals surface area contributed by atoms with Crippen molar-refractivity contribution in [3.05, 3.63) is 0 Å². The molecule has 0 saturated carbocycles. The number of sulfonamides is 1. The fourth-order valence-electron chi connectivity index (χ4n) is 1.91. The molecule has 1 N–H and O–H groups in total. The van der Waals surface area contributed by atoms with Crippen LogP contribution in [0.1, 0.15) is 41.0 Å². The first kappa shape index (κ1) is 17.8. The monoisotopic (exact) mass is 281 g/mol. The lowest BCUT2D eigenvalue weighted by Crippen LogP contribution is -2.43. The molecule has 0 unspecified atom stereocenters. The first-order valence-electron chi connectivity index (χ1n) is 6.34. The highest BCUT2D eigenvalue weighted by Crippen LogP contribution is 2.12. The van der Waals surface area contributed by atoms with Crippen LogP contribution >= 0.6 is 0 Å². The maximum Gasteiger partial charge on any atom is 0.211 e. The molecule has 6 heteroatoms. The molecule has 0 radical (unpaired) electrons. The van der Waals surface area contributed by atoms with Gasteiger partial charge in [-0.2, -0.15) is 4.31 Å². The van der Waals surface area contributed by atoms with Gasteiger partial charge in [-0.1, -0.05) is 13.8 Å². The molecular weight excluding hydrogens is 254 g/mol. The second-order valence-corrected chi connectivity index (χ2v) is 7.39. The molecule has 0 aliphatic rings. The summed E-state index contributed by atoms with van der Waals surface area (Å²) in [5, 5.41) is 9.79. The average Bonchev–Trinajstić information content (AvgIpc) is 2.09. The first-order valence-corrected chi connectivity index (χ1v) is 8.19. The summed E-state index contributed by atoms with van der Waals surface area (Å²) in [6, 6.07) is -0.196. The van der Waals surface area contributed by atoms with Crippen molar-refractivity contribution in [1.82, 2.24) is 4.31 Å². The lowest BCUT2D eigenvalue weighted by Gasteiger charge is -2.28. The Labute approximate surface area is 111 Å². The summed E-state index contributed by atoms with van der Waals surface area (Å²) in [6.07, 6.45) is 0.791. The smallest absolute Gasteiger partial charge is 0.211 e. The Bertz CT molecular complexity index is 327. The van der Waals surface area contributed by atoms with Crippen molar-refractivity contribution >= 4 is 10.0 Å². The Hall–Kier alpha value is -0.170. The zero-order chi connectivity index (χ0) is 14.5. The van der Waals surface area contributed by atoms with Crippen molar-refractivity contribution in [1.29, 1.82) is 0 Å². The van der Waals surface area contributed by atoms with Gasteiger partial charge in [-0.15, -0.1) is 0 Å². The number of ether oxygens (including phenoxy) is 1. The molecule has 0 aromatic heterocycles. The summed E-state index contributed by atoms with van der Waals surface area (Å²) in [4.78, 5) is 0. The average molecular weight is 281 g/mol. The fourth-order valence-corrected chi connectivity index (χ4v) is 3.08. The molecule has 0 bridgehead atoms. The van der Waals surface area contributed by atoms with E-state index in [0.717, 1.165) is 12.7 Å². The number of rotatable bonds is 8. The minimum Gasteiger partial charge on any atom is -0.367 e. The predicted octanol–water partition coefficient (Wildman–Crippen LogP) is 1.43. The highest BCUT2D eigenvalue weighted by molar-refractivity contribution is 7.88. The summed E-state index contributed by atoms with van der Waals surface area (Å²) >= 11 is 0. The molecule has 0 fully saturated rings. The Morgan fingerprint density at radius 2 is 1.67 bits per heavy atom. The van der Waals surface area contributed by atoms with Crippen molar-refractivity contribution in [2.75, 3.05) is 12.8 Å². The molecule has 18 heavy (non-hydrogen) atoms. The number of aliphatic hydroxyl groups excluding tert-OH is 1. The van der Waals surface area contributed by atoms with E-state index in [2.05, 4.69) is 13.8 Å². The fraction of sp³-hybridized carbons (Fsp3) is 1.00. The first-order chi connectivity index (χ1) is 8.04. The molecular formula is C12H27NO4S. The number of aliphatic hydroxyl groups is 1. The van der Waals surface area contributed by atoms with Gasteiger partial charge in [0, 0.05) is 6.04 Å². The van der Waals surface area contributed by atoms with Crippen molar-refractivity contribution < 1.29 is 18.3 Å². The van der Waals surface area contributed by atoms with Crippen molar-refractivity contribution in [3.63, 3.8) is 0 Å². The maximum absolute atomic E-state index is 11.5. The SMILES string of the molecule is CC(C)C[C@H](C)O[C@H](O)CN(C(C)C)S(C)(=O)=O. The minimum absolute atomic E-state index is 0.0288. The molecule has 0 rings (SSSR count). The third-order valence-electron chi connectivity index (χ3n) is 2.53. The van der Waals surface area contributed by atoms with Gasteiger partial charge in [-0.3, -0.25) is 0 Å². The number of hydrogen-bond acceptors (Lipinski definition) is 4. The zero-order valence-electron chi connectivity index (χ0n) is 12.3. The molecule has 0 heterocycles. The lowest BCUT2D eigenvalue weighted by atomic mass is 10.1. The van der Waals surface area contributed by atoms with Crippen LogP contribution in [0.2, 0.25) is 0 Å². The lowest BCUT2D eigenvalue weighted by molar-refractivity contribution is -0.140. The Morgan fingerprint density at radius 1 is 1.17 bits per heavy atom. The second-order valence-electron chi connectivity index (χ2n) is 5.46. The largest absolute Gasteiger partial charge is 0.367 e. The van der Waals surface area contributed by atoms with Crippen LogP contribution in [0.15, 0.2) is 0 Å². The summed E-state index contributed by atoms with van der Waals surface area (Å²) in [6.45, 7) is 9.53. The Kier molecular flexibility index (Phi) is 7.36. The van der Waals surface area contributed by atoms with Gasteiger partial charge in [-0.05, 0) is 33.1 Å². The van der Waals surface area contributed by atoms with Gasteiger partial charge >= 0.3 is 0 Å². The molecule has 0 saturated heterocycles. The molecule has 0 aromatic rings. The molecule has 0 aliphatic heterocycles. The standard InChI is InChI=1S/C12H27NO4S/c1-9(2)7-11(5)17-12(14)8-13(10(3)4)18(6,15)16/h9-12,14H,7-8H2,1-6H3/t11-,12-/m0/s1. The van der Waals surface area contributed by atoms with Gasteiger partial charge in [0.15, 0.2) is 6.29 Å². The van der Waals surface area contributed by atoms with Gasteiger partial charge in [-0.25, -0.2) is 8.42 Å². The highest BCUT2D eigenvalue weighted by atomic mass is 32.2. The van der Waals surface area contributed by atoms with Gasteiger partial charge in [0.2, 0.25) is 10.0 Å². The van der Waals surface area contributed by atoms with Gasteiger partial charge in [0.1, 0.15) is 0 Å². The highest BCUT2D eigenvalue weighted by Gasteiger charge is 2.24. The van der Waals surface area contributed by atoms with Gasteiger partial charge < -0.3 is 9.84 Å². The molecule has 0 aliphatic carbocycles. The maximum atomic E-state index is 11.5. The van der Waals surface area contributed by atoms with Crippen LogP contribution in [-0.4, -0.2) is 49.1 Å². The van der Waals surface area contributed by atoms with Crippen LogP contribution in [0, 0.1) is 5.92 Å². The van der Waals surface area contributed by atoms with E-state index in [0.29, 0.717) is 5.92 Å². The van der Waals surface area contributed by atoms with Crippen LogP contribution in [-0.2, 0) is 14.8 Å². The van der Waals surface area contributed by atoms with Crippen LogP contribution in [0.5, 0.6) is 0 Å². The van der Waals surface area contributed by atoms with Crippen LogP contribution in [0.4, 0.5) is 0 Å². The van der Waals surface area contributed by atoms with E-state index < -0.39 is 16.3 Å². The van der Waals surface area contributed by atoms with Crippen molar-refractivity contribution in [2.24, 2.45) is 5.92 Å². The summed E-state index contributed by atoms with van der Waals surface area (Å²) in [5.41, 5.74) is 0.